The van der Waals surface area contributed by atoms with Crippen molar-refractivity contribution < 1.29 is 22.7 Å². The predicted octanol–water partition coefficient (Wildman–Crippen LogP) is 3.10. The molecule has 1 aromatic carbocycles. The van der Waals surface area contributed by atoms with E-state index in [0.717, 1.165) is 24.3 Å². The van der Waals surface area contributed by atoms with Crippen molar-refractivity contribution in [3.63, 3.8) is 0 Å². The zero-order chi connectivity index (χ0) is 20.2. The van der Waals surface area contributed by atoms with Gasteiger partial charge in [0.25, 0.3) is 0 Å². The van der Waals surface area contributed by atoms with Crippen molar-refractivity contribution in [3.05, 3.63) is 23.8 Å². The number of carbonyl (C=O) groups excluding carboxylic acids is 2. The van der Waals surface area contributed by atoms with E-state index < -0.39 is 31.7 Å². The van der Waals surface area contributed by atoms with Gasteiger partial charge in [0.2, 0.25) is 0 Å². The first-order valence-corrected chi connectivity index (χ1v) is 10.9. The number of rotatable bonds is 6. The number of hydrogen-bond acceptors (Lipinski definition) is 6. The van der Waals surface area contributed by atoms with Gasteiger partial charge in [-0.1, -0.05) is 11.6 Å². The maximum atomic E-state index is 12.1. The lowest BCUT2D eigenvalue weighted by molar-refractivity contribution is -0.117. The molecule has 1 fully saturated rings. The van der Waals surface area contributed by atoms with Gasteiger partial charge in [-0.3, -0.25) is 10.1 Å². The summed E-state index contributed by atoms with van der Waals surface area (Å²) in [6.45, 7) is 7.44. The third-order valence-corrected chi connectivity index (χ3v) is 7.82. The number of anilines is 2. The Labute approximate surface area is 164 Å². The number of hydrogen-bond donors (Lipinski definition) is 1. The van der Waals surface area contributed by atoms with Crippen molar-refractivity contribution in [2.24, 2.45) is 0 Å². The van der Waals surface area contributed by atoms with Crippen LogP contribution in [0.2, 0.25) is 0 Å². The molecule has 1 heterocycles. The topological polar surface area (TPSA) is 92.8 Å². The number of ketones is 1. The summed E-state index contributed by atoms with van der Waals surface area (Å²) < 4.78 is 27.8. The number of ether oxygens (including phenoxy) is 1. The van der Waals surface area contributed by atoms with Gasteiger partial charge >= 0.3 is 6.09 Å². The fourth-order valence-corrected chi connectivity index (χ4v) is 5.07. The first-order valence-electron chi connectivity index (χ1n) is 8.89. The maximum absolute atomic E-state index is 12.1. The Morgan fingerprint density at radius 1 is 1.33 bits per heavy atom. The van der Waals surface area contributed by atoms with Crippen LogP contribution in [0.4, 0.5) is 16.2 Å². The largest absolute Gasteiger partial charge is 0.448 e. The molecule has 150 valence electrons. The number of Topliss-reactive ketones (excluding diaryl/α,β-unsaturated/α-hetero) is 1. The van der Waals surface area contributed by atoms with Crippen LogP contribution in [0.3, 0.4) is 0 Å². The molecular formula is C18H25ClN2O5S. The summed E-state index contributed by atoms with van der Waals surface area (Å²) >= 11 is 5.69. The molecule has 7 nitrogen and oxygen atoms in total. The second-order valence-electron chi connectivity index (χ2n) is 6.43. The zero-order valence-electron chi connectivity index (χ0n) is 15.7. The number of sulfone groups is 1. The molecule has 2 rings (SSSR count). The molecule has 1 aliphatic heterocycles. The van der Waals surface area contributed by atoms with Crippen LogP contribution in [0.1, 0.15) is 32.3 Å². The molecular weight excluding hydrogens is 392 g/mol. The highest BCUT2D eigenvalue weighted by Crippen LogP contribution is 2.27. The van der Waals surface area contributed by atoms with Crippen LogP contribution < -0.4 is 10.2 Å². The van der Waals surface area contributed by atoms with E-state index in [4.69, 9.17) is 16.3 Å². The zero-order valence-corrected chi connectivity index (χ0v) is 17.3. The Bertz CT molecular complexity index is 808. The fraction of sp³-hybridized carbons (Fsp3) is 0.556. The van der Waals surface area contributed by atoms with Crippen LogP contribution in [0.5, 0.6) is 0 Å². The van der Waals surface area contributed by atoms with Gasteiger partial charge < -0.3 is 9.64 Å². The number of benzene rings is 1. The van der Waals surface area contributed by atoms with E-state index in [1.54, 1.807) is 6.07 Å². The average molecular weight is 417 g/mol. The smallest absolute Gasteiger partial charge is 0.411 e. The fourth-order valence-electron chi connectivity index (χ4n) is 3.00. The molecule has 27 heavy (non-hydrogen) atoms. The third-order valence-electron chi connectivity index (χ3n) is 4.69. The van der Waals surface area contributed by atoms with Crippen LogP contribution >= 0.6 is 11.6 Å². The van der Waals surface area contributed by atoms with Crippen LogP contribution in [0, 0.1) is 6.92 Å². The van der Waals surface area contributed by atoms with E-state index in [1.807, 2.05) is 19.1 Å². The summed E-state index contributed by atoms with van der Waals surface area (Å²) in [6.07, 6.45) is -0.573. The third kappa shape index (κ3) is 4.93. The molecule has 1 saturated heterocycles. The molecule has 0 aliphatic carbocycles. The summed E-state index contributed by atoms with van der Waals surface area (Å²) in [6, 6.07) is 5.66. The van der Waals surface area contributed by atoms with Gasteiger partial charge in [-0.15, -0.1) is 0 Å². The molecule has 2 atom stereocenters. The molecule has 9 heteroatoms. The van der Waals surface area contributed by atoms with Gasteiger partial charge in [-0.2, -0.15) is 0 Å². The van der Waals surface area contributed by atoms with Crippen LogP contribution in [0.25, 0.3) is 0 Å². The van der Waals surface area contributed by atoms with Crippen molar-refractivity contribution in [3.8, 4) is 0 Å². The summed E-state index contributed by atoms with van der Waals surface area (Å²) in [5.41, 5.74) is 2.52. The number of halogens is 1. The number of nitrogens with zero attached hydrogens (tertiary/aromatic N) is 1. The van der Waals surface area contributed by atoms with E-state index in [1.165, 1.54) is 0 Å². The summed E-state index contributed by atoms with van der Waals surface area (Å²) in [5.74, 6) is -0.513. The molecule has 1 N–H and O–H groups in total. The summed E-state index contributed by atoms with van der Waals surface area (Å²) in [5, 5.41) is 1.66. The lowest BCUT2D eigenvalue weighted by Gasteiger charge is -2.24. The minimum atomic E-state index is -3.84. The number of carbonyl (C=O) groups is 2. The van der Waals surface area contributed by atoms with Gasteiger partial charge in [0.15, 0.2) is 20.3 Å². The molecule has 0 bridgehead atoms. The molecule has 1 amide bonds. The molecule has 1 aliphatic rings. The molecule has 1 aromatic rings. The molecule has 0 radical (unpaired) electrons. The minimum Gasteiger partial charge on any atom is -0.448 e. The number of aryl methyl sites for hydroxylation is 1. The van der Waals surface area contributed by atoms with E-state index in [9.17, 15) is 18.0 Å². The Morgan fingerprint density at radius 2 is 2.00 bits per heavy atom. The highest BCUT2D eigenvalue weighted by molar-refractivity contribution is 7.94. The number of nitrogens with one attached hydrogen (secondary N) is 1. The van der Waals surface area contributed by atoms with Crippen molar-refractivity contribution >= 4 is 44.7 Å². The predicted molar refractivity (Wildman–Crippen MR) is 106 cm³/mol. The van der Waals surface area contributed by atoms with Crippen molar-refractivity contribution in [1.82, 2.24) is 0 Å². The standard InChI is InChI=1S/C18H25ClN2O5S/c1-4-21(5-2)13-6-8-15(12(3)10-13)20-18(23)26-11-14-7-9-16(22)17(19)27(14,24)25/h6,8,10,14,17H,4-5,7,9,11H2,1-3H3,(H,20,23). The summed E-state index contributed by atoms with van der Waals surface area (Å²) in [4.78, 5) is 25.7. The van der Waals surface area contributed by atoms with E-state index >= 15 is 0 Å². The molecule has 0 saturated carbocycles. The molecule has 2 unspecified atom stereocenters. The van der Waals surface area contributed by atoms with Crippen LogP contribution in [-0.2, 0) is 19.4 Å². The Kier molecular flexibility index (Phi) is 7.11. The first kappa shape index (κ1) is 21.5. The lowest BCUT2D eigenvalue weighted by Crippen LogP contribution is -2.42. The van der Waals surface area contributed by atoms with E-state index in [0.29, 0.717) is 5.69 Å². The van der Waals surface area contributed by atoms with Gasteiger partial charge in [0, 0.05) is 30.9 Å². The van der Waals surface area contributed by atoms with Crippen LogP contribution in [0.15, 0.2) is 18.2 Å². The van der Waals surface area contributed by atoms with Crippen LogP contribution in [-0.4, -0.2) is 49.9 Å². The van der Waals surface area contributed by atoms with Gasteiger partial charge in [0.05, 0.1) is 5.25 Å². The highest BCUT2D eigenvalue weighted by Gasteiger charge is 2.42. The van der Waals surface area contributed by atoms with E-state index in [2.05, 4.69) is 24.1 Å². The monoisotopic (exact) mass is 416 g/mol. The van der Waals surface area contributed by atoms with Crippen molar-refractivity contribution in [1.29, 1.82) is 0 Å². The van der Waals surface area contributed by atoms with Crippen molar-refractivity contribution in [2.45, 2.75) is 43.6 Å². The highest BCUT2D eigenvalue weighted by atomic mass is 35.5. The average Bonchev–Trinajstić information content (AvgIpc) is 2.62. The lowest BCUT2D eigenvalue weighted by atomic mass is 10.1. The molecule has 0 aromatic heterocycles. The SMILES string of the molecule is CCN(CC)c1ccc(NC(=O)OCC2CCC(=O)C(Cl)S2(=O)=O)c(C)c1. The Morgan fingerprint density at radius 3 is 2.59 bits per heavy atom. The second-order valence-corrected chi connectivity index (χ2v) is 9.44. The van der Waals surface area contributed by atoms with Crippen molar-refractivity contribution in [2.75, 3.05) is 29.9 Å². The summed E-state index contributed by atoms with van der Waals surface area (Å²) in [7, 11) is -3.84. The second kappa shape index (κ2) is 8.93. The minimum absolute atomic E-state index is 0.0645. The normalized spacial score (nSPS) is 21.6. The quantitative estimate of drug-likeness (QED) is 0.716. The number of alkyl halides is 1. The Hall–Kier alpha value is -1.80. The Balaban J connectivity index is 1.97. The van der Waals surface area contributed by atoms with Gasteiger partial charge in [0.1, 0.15) is 6.61 Å². The molecule has 0 spiro atoms. The first-order chi connectivity index (χ1) is 12.7. The van der Waals surface area contributed by atoms with Gasteiger partial charge in [-0.25, -0.2) is 13.2 Å². The van der Waals surface area contributed by atoms with Gasteiger partial charge in [-0.05, 0) is 51.0 Å². The number of amides is 1. The maximum Gasteiger partial charge on any atom is 0.411 e. The van der Waals surface area contributed by atoms with E-state index in [-0.39, 0.29) is 19.4 Å².